The smallest absolute Gasteiger partial charge is 0.270 e. The summed E-state index contributed by atoms with van der Waals surface area (Å²) in [5, 5.41) is 7.46. The SMILES string of the molecule is Cc1ccc(C(=O)NCCNC(=O)c2csc(-c3ncccn3)n2)cc1F. The van der Waals surface area contributed by atoms with E-state index in [0.717, 1.165) is 0 Å². The highest BCUT2D eigenvalue weighted by molar-refractivity contribution is 7.13. The molecule has 2 aromatic heterocycles. The first kappa shape index (κ1) is 18.6. The van der Waals surface area contributed by atoms with Crippen molar-refractivity contribution in [2.24, 2.45) is 0 Å². The highest BCUT2D eigenvalue weighted by Crippen LogP contribution is 2.19. The van der Waals surface area contributed by atoms with E-state index in [4.69, 9.17) is 0 Å². The van der Waals surface area contributed by atoms with E-state index < -0.39 is 11.7 Å². The molecule has 0 aliphatic heterocycles. The first-order valence-corrected chi connectivity index (χ1v) is 8.98. The third kappa shape index (κ3) is 4.70. The second-order valence-corrected chi connectivity index (χ2v) is 6.44. The van der Waals surface area contributed by atoms with Crippen molar-refractivity contribution in [1.29, 1.82) is 0 Å². The molecular formula is C18H16FN5O2S. The summed E-state index contributed by atoms with van der Waals surface area (Å²) < 4.78 is 13.5. The average molecular weight is 385 g/mol. The van der Waals surface area contributed by atoms with Gasteiger partial charge < -0.3 is 10.6 Å². The lowest BCUT2D eigenvalue weighted by Crippen LogP contribution is -2.34. The van der Waals surface area contributed by atoms with Crippen LogP contribution in [0.5, 0.6) is 0 Å². The van der Waals surface area contributed by atoms with Gasteiger partial charge in [-0.1, -0.05) is 6.07 Å². The number of thiazole rings is 1. The van der Waals surface area contributed by atoms with Crippen molar-refractivity contribution in [2.45, 2.75) is 6.92 Å². The number of nitrogens with one attached hydrogen (secondary N) is 2. The molecule has 0 spiro atoms. The molecule has 0 saturated carbocycles. The standard InChI is InChI=1S/C18H16FN5O2S/c1-11-3-4-12(9-13(11)19)16(25)22-7-8-23-17(26)14-10-27-18(24-14)15-20-5-2-6-21-15/h2-6,9-10H,7-8H2,1H3,(H,22,25)(H,23,26). The van der Waals surface area contributed by atoms with Crippen molar-refractivity contribution in [3.63, 3.8) is 0 Å². The maximum atomic E-state index is 13.5. The minimum Gasteiger partial charge on any atom is -0.350 e. The third-order valence-electron chi connectivity index (χ3n) is 3.62. The molecule has 138 valence electrons. The van der Waals surface area contributed by atoms with Crippen LogP contribution in [-0.4, -0.2) is 39.9 Å². The molecule has 0 atom stereocenters. The van der Waals surface area contributed by atoms with Crippen molar-refractivity contribution in [3.8, 4) is 10.8 Å². The molecule has 2 heterocycles. The molecule has 0 saturated heterocycles. The Morgan fingerprint density at radius 3 is 2.52 bits per heavy atom. The number of nitrogens with zero attached hydrogens (tertiary/aromatic N) is 3. The number of aryl methyl sites for hydroxylation is 1. The van der Waals surface area contributed by atoms with E-state index in [9.17, 15) is 14.0 Å². The Hall–Kier alpha value is -3.20. The number of carbonyl (C=O) groups excluding carboxylic acids is 2. The monoisotopic (exact) mass is 385 g/mol. The molecule has 3 aromatic rings. The van der Waals surface area contributed by atoms with Crippen LogP contribution >= 0.6 is 11.3 Å². The summed E-state index contributed by atoms with van der Waals surface area (Å²) >= 11 is 1.27. The molecule has 0 aliphatic rings. The van der Waals surface area contributed by atoms with E-state index in [1.807, 2.05) is 0 Å². The van der Waals surface area contributed by atoms with Crippen molar-refractivity contribution in [1.82, 2.24) is 25.6 Å². The van der Waals surface area contributed by atoms with Crippen LogP contribution in [0, 0.1) is 12.7 Å². The molecule has 1 aromatic carbocycles. The third-order valence-corrected chi connectivity index (χ3v) is 4.46. The predicted octanol–water partition coefficient (Wildman–Crippen LogP) is 2.21. The first-order chi connectivity index (χ1) is 13.0. The van der Waals surface area contributed by atoms with Crippen LogP contribution < -0.4 is 10.6 Å². The van der Waals surface area contributed by atoms with Gasteiger partial charge >= 0.3 is 0 Å². The van der Waals surface area contributed by atoms with Crippen molar-refractivity contribution in [2.75, 3.05) is 13.1 Å². The van der Waals surface area contributed by atoms with Crippen molar-refractivity contribution < 1.29 is 14.0 Å². The maximum Gasteiger partial charge on any atom is 0.270 e. The van der Waals surface area contributed by atoms with Crippen LogP contribution in [0.15, 0.2) is 42.0 Å². The van der Waals surface area contributed by atoms with Crippen LogP contribution in [0.3, 0.4) is 0 Å². The number of hydrogen-bond acceptors (Lipinski definition) is 6. The molecule has 0 radical (unpaired) electrons. The second kappa shape index (κ2) is 8.45. The van der Waals surface area contributed by atoms with Gasteiger partial charge in [0.1, 0.15) is 11.5 Å². The Morgan fingerprint density at radius 1 is 1.11 bits per heavy atom. The van der Waals surface area contributed by atoms with E-state index in [1.54, 1.807) is 42.9 Å². The number of rotatable bonds is 6. The number of aromatic nitrogens is 3. The zero-order valence-electron chi connectivity index (χ0n) is 14.4. The van der Waals surface area contributed by atoms with Gasteiger partial charge in [0, 0.05) is 36.4 Å². The van der Waals surface area contributed by atoms with Crippen molar-refractivity contribution in [3.05, 3.63) is 64.7 Å². The molecule has 9 heteroatoms. The molecule has 2 N–H and O–H groups in total. The van der Waals surface area contributed by atoms with Crippen molar-refractivity contribution >= 4 is 23.2 Å². The van der Waals surface area contributed by atoms with Gasteiger partial charge in [-0.15, -0.1) is 11.3 Å². The number of amides is 2. The zero-order valence-corrected chi connectivity index (χ0v) is 15.2. The summed E-state index contributed by atoms with van der Waals surface area (Å²) in [5.74, 6) is -0.735. The lowest BCUT2D eigenvalue weighted by atomic mass is 10.1. The van der Waals surface area contributed by atoms with E-state index >= 15 is 0 Å². The molecule has 27 heavy (non-hydrogen) atoms. The topological polar surface area (TPSA) is 96.9 Å². The van der Waals surface area contributed by atoms with Gasteiger partial charge in [0.15, 0.2) is 10.8 Å². The first-order valence-electron chi connectivity index (χ1n) is 8.10. The minimum atomic E-state index is -0.433. The molecule has 3 rings (SSSR count). The zero-order chi connectivity index (χ0) is 19.2. The second-order valence-electron chi connectivity index (χ2n) is 5.59. The highest BCUT2D eigenvalue weighted by Gasteiger charge is 2.13. The fourth-order valence-corrected chi connectivity index (χ4v) is 2.91. The Balaban J connectivity index is 1.48. The predicted molar refractivity (Wildman–Crippen MR) is 98.9 cm³/mol. The van der Waals surface area contributed by atoms with E-state index in [-0.39, 0.29) is 30.3 Å². The Kier molecular flexibility index (Phi) is 5.82. The van der Waals surface area contributed by atoms with Gasteiger partial charge in [-0.25, -0.2) is 19.3 Å². The fraction of sp³-hybridized carbons (Fsp3) is 0.167. The summed E-state index contributed by atoms with van der Waals surface area (Å²) in [6.07, 6.45) is 3.21. The van der Waals surface area contributed by atoms with Gasteiger partial charge in [-0.05, 0) is 30.7 Å². The highest BCUT2D eigenvalue weighted by atomic mass is 32.1. The van der Waals surface area contributed by atoms with Crippen LogP contribution in [0.1, 0.15) is 26.4 Å². The lowest BCUT2D eigenvalue weighted by Gasteiger charge is -2.07. The Bertz CT molecular complexity index is 961. The maximum absolute atomic E-state index is 13.5. The van der Waals surface area contributed by atoms with E-state index in [1.165, 1.54) is 17.4 Å². The van der Waals surface area contributed by atoms with Crippen LogP contribution in [0.2, 0.25) is 0 Å². The summed E-state index contributed by atoms with van der Waals surface area (Å²) in [5.41, 5.74) is 0.966. The molecule has 7 nitrogen and oxygen atoms in total. The summed E-state index contributed by atoms with van der Waals surface area (Å²) in [4.78, 5) is 36.5. The normalized spacial score (nSPS) is 10.4. The fourth-order valence-electron chi connectivity index (χ4n) is 2.17. The van der Waals surface area contributed by atoms with Crippen LogP contribution in [0.4, 0.5) is 4.39 Å². The van der Waals surface area contributed by atoms with Gasteiger partial charge in [-0.3, -0.25) is 9.59 Å². The summed E-state index contributed by atoms with van der Waals surface area (Å²) in [6, 6.07) is 5.98. The van der Waals surface area contributed by atoms with Gasteiger partial charge in [-0.2, -0.15) is 0 Å². The van der Waals surface area contributed by atoms with E-state index in [2.05, 4.69) is 25.6 Å². The largest absolute Gasteiger partial charge is 0.350 e. The number of carbonyl (C=O) groups is 2. The number of benzene rings is 1. The lowest BCUT2D eigenvalue weighted by molar-refractivity contribution is 0.0925. The quantitative estimate of drug-likeness (QED) is 0.634. The van der Waals surface area contributed by atoms with Gasteiger partial charge in [0.2, 0.25) is 0 Å². The average Bonchev–Trinajstić information content (AvgIpc) is 3.18. The minimum absolute atomic E-state index is 0.207. The number of halogens is 1. The van der Waals surface area contributed by atoms with Gasteiger partial charge in [0.25, 0.3) is 11.8 Å². The molecule has 2 amide bonds. The molecular weight excluding hydrogens is 369 g/mol. The molecule has 0 aliphatic carbocycles. The van der Waals surface area contributed by atoms with Crippen LogP contribution in [0.25, 0.3) is 10.8 Å². The Morgan fingerprint density at radius 2 is 1.81 bits per heavy atom. The molecule has 0 unspecified atom stereocenters. The molecule has 0 bridgehead atoms. The Labute approximate surface area is 158 Å². The van der Waals surface area contributed by atoms with E-state index in [0.29, 0.717) is 16.4 Å². The summed E-state index contributed by atoms with van der Waals surface area (Å²) in [7, 11) is 0. The van der Waals surface area contributed by atoms with Gasteiger partial charge in [0.05, 0.1) is 0 Å². The number of hydrogen-bond donors (Lipinski definition) is 2. The summed E-state index contributed by atoms with van der Waals surface area (Å²) in [6.45, 7) is 2.05. The van der Waals surface area contributed by atoms with Crippen LogP contribution in [-0.2, 0) is 0 Å². The molecule has 0 fully saturated rings.